The van der Waals surface area contributed by atoms with Gasteiger partial charge in [0.05, 0.1) is 38.6 Å². The van der Waals surface area contributed by atoms with Gasteiger partial charge in [0.2, 0.25) is 0 Å². The molecule has 0 unspecified atom stereocenters. The summed E-state index contributed by atoms with van der Waals surface area (Å²) < 4.78 is 23.0. The summed E-state index contributed by atoms with van der Waals surface area (Å²) in [6, 6.07) is 12.1. The van der Waals surface area contributed by atoms with Crippen LogP contribution >= 0.6 is 0 Å². The maximum Gasteiger partial charge on any atom is 0.329 e. The van der Waals surface area contributed by atoms with Crippen molar-refractivity contribution < 1.29 is 38.4 Å². The molecule has 2 N–H and O–H groups in total. The fourth-order valence-electron chi connectivity index (χ4n) is 4.99. The normalized spacial score (nSPS) is 18.6. The Hall–Kier alpha value is -3.63. The van der Waals surface area contributed by atoms with Gasteiger partial charge in [0.25, 0.3) is 0 Å². The summed E-state index contributed by atoms with van der Waals surface area (Å²) in [5.41, 5.74) is 0.601. The van der Waals surface area contributed by atoms with Crippen LogP contribution in [-0.2, 0) is 20.9 Å². The number of urea groups is 1. The van der Waals surface area contributed by atoms with Gasteiger partial charge >= 0.3 is 12.0 Å². The third-order valence-corrected chi connectivity index (χ3v) is 7.15. The quantitative estimate of drug-likeness (QED) is 0.214. The molecule has 41 heavy (non-hydrogen) atoms. The molecule has 1 saturated carbocycles. The Morgan fingerprint density at radius 3 is 2.15 bits per heavy atom. The number of carboxylic acids is 1. The standard InChI is InChI=1S/C31H42N2O8/c1-6-39-25-18-31(19-25,29(35)36)32-30(37)33(14-15-38-20-23-12-10-9-11-13-23)21(4)24-16-26(40-7-2)28(22(5)34)27(17-24)41-8-3/h9-13,16-17,21,25H,6-8,14-15,18-20H2,1-5H3,(H,32,37)(H,35,36)/t21-,25?,31?/m1/s1. The van der Waals surface area contributed by atoms with Crippen molar-refractivity contribution in [3.05, 3.63) is 59.2 Å². The summed E-state index contributed by atoms with van der Waals surface area (Å²) in [5, 5.41) is 12.8. The number of rotatable bonds is 16. The van der Waals surface area contributed by atoms with Crippen LogP contribution in [0.4, 0.5) is 4.79 Å². The Labute approximate surface area is 241 Å². The number of ketones is 1. The number of Topliss-reactive ketones (excluding diaryl/α,β-unsaturated/α-hetero) is 1. The van der Waals surface area contributed by atoms with Gasteiger partial charge in [-0.15, -0.1) is 0 Å². The SMILES string of the molecule is CCOc1cc([C@@H](C)N(CCOCc2ccccc2)C(=O)NC2(C(=O)O)CC(OCC)C2)cc(OCC)c1C(C)=O. The first-order valence-corrected chi connectivity index (χ1v) is 14.2. The molecular formula is C31H42N2O8. The maximum atomic E-state index is 13.7. The molecule has 0 aliphatic heterocycles. The number of carbonyl (C=O) groups is 3. The second-order valence-electron chi connectivity index (χ2n) is 10.0. The average Bonchev–Trinajstić information content (AvgIpc) is 2.91. The minimum atomic E-state index is -1.41. The molecule has 2 aromatic carbocycles. The van der Waals surface area contributed by atoms with E-state index in [0.717, 1.165) is 5.56 Å². The highest BCUT2D eigenvalue weighted by atomic mass is 16.5. The lowest BCUT2D eigenvalue weighted by Gasteiger charge is -2.45. The van der Waals surface area contributed by atoms with E-state index >= 15 is 0 Å². The fourth-order valence-corrected chi connectivity index (χ4v) is 4.99. The van der Waals surface area contributed by atoms with Crippen LogP contribution in [-0.4, -0.2) is 72.4 Å². The van der Waals surface area contributed by atoms with Gasteiger partial charge in [-0.3, -0.25) is 4.79 Å². The van der Waals surface area contributed by atoms with Crippen LogP contribution in [0.2, 0.25) is 0 Å². The molecule has 224 valence electrons. The predicted octanol–water partition coefficient (Wildman–Crippen LogP) is 5.00. The van der Waals surface area contributed by atoms with E-state index in [0.29, 0.717) is 49.1 Å². The zero-order chi connectivity index (χ0) is 30.0. The van der Waals surface area contributed by atoms with Crippen LogP contribution in [0.3, 0.4) is 0 Å². The van der Waals surface area contributed by atoms with Crippen molar-refractivity contribution in [3.63, 3.8) is 0 Å². The molecule has 1 aliphatic carbocycles. The monoisotopic (exact) mass is 570 g/mol. The van der Waals surface area contributed by atoms with E-state index in [9.17, 15) is 19.5 Å². The Balaban J connectivity index is 1.89. The van der Waals surface area contributed by atoms with E-state index in [1.54, 1.807) is 12.1 Å². The van der Waals surface area contributed by atoms with E-state index in [4.69, 9.17) is 18.9 Å². The molecule has 10 heteroatoms. The molecular weight excluding hydrogens is 528 g/mol. The van der Waals surface area contributed by atoms with Crippen LogP contribution in [0.15, 0.2) is 42.5 Å². The topological polar surface area (TPSA) is 124 Å². The van der Waals surface area contributed by atoms with Gasteiger partial charge in [-0.1, -0.05) is 30.3 Å². The van der Waals surface area contributed by atoms with E-state index in [1.165, 1.54) is 11.8 Å². The first-order chi connectivity index (χ1) is 19.7. The van der Waals surface area contributed by atoms with Crippen molar-refractivity contribution in [1.82, 2.24) is 10.2 Å². The molecule has 3 rings (SSSR count). The number of aliphatic carboxylic acids is 1. The van der Waals surface area contributed by atoms with E-state index in [1.807, 2.05) is 58.0 Å². The fraction of sp³-hybridized carbons (Fsp3) is 0.516. The van der Waals surface area contributed by atoms with Gasteiger partial charge in [0.15, 0.2) is 5.78 Å². The number of hydrogen-bond acceptors (Lipinski definition) is 7. The Morgan fingerprint density at radius 2 is 1.63 bits per heavy atom. The molecule has 1 atom stereocenters. The summed E-state index contributed by atoms with van der Waals surface area (Å²) in [5.74, 6) is -0.557. The number of amides is 2. The van der Waals surface area contributed by atoms with Gasteiger partial charge < -0.3 is 34.3 Å². The van der Waals surface area contributed by atoms with E-state index in [-0.39, 0.29) is 37.9 Å². The molecule has 1 fully saturated rings. The number of nitrogens with zero attached hydrogens (tertiary/aromatic N) is 1. The van der Waals surface area contributed by atoms with Gasteiger partial charge in [-0.25, -0.2) is 9.59 Å². The Morgan fingerprint density at radius 1 is 1.02 bits per heavy atom. The van der Waals surface area contributed by atoms with E-state index < -0.39 is 23.6 Å². The van der Waals surface area contributed by atoms with Crippen LogP contribution < -0.4 is 14.8 Å². The summed E-state index contributed by atoms with van der Waals surface area (Å²) >= 11 is 0. The lowest BCUT2D eigenvalue weighted by Crippen LogP contribution is -2.66. The molecule has 0 radical (unpaired) electrons. The zero-order valence-corrected chi connectivity index (χ0v) is 24.6. The highest BCUT2D eigenvalue weighted by molar-refractivity contribution is 6.00. The molecule has 0 heterocycles. The number of carbonyl (C=O) groups excluding carboxylic acids is 2. The van der Waals surface area contributed by atoms with Gasteiger partial charge in [0.1, 0.15) is 22.6 Å². The average molecular weight is 571 g/mol. The Kier molecular flexibility index (Phi) is 11.5. The van der Waals surface area contributed by atoms with Crippen LogP contribution in [0.5, 0.6) is 11.5 Å². The van der Waals surface area contributed by atoms with Gasteiger partial charge in [0, 0.05) is 26.0 Å². The number of benzene rings is 2. The highest BCUT2D eigenvalue weighted by Crippen LogP contribution is 2.37. The lowest BCUT2D eigenvalue weighted by atomic mass is 9.74. The van der Waals surface area contributed by atoms with Crippen LogP contribution in [0.25, 0.3) is 0 Å². The number of ether oxygens (including phenoxy) is 4. The maximum absolute atomic E-state index is 13.7. The van der Waals surface area contributed by atoms with E-state index in [2.05, 4.69) is 5.32 Å². The van der Waals surface area contributed by atoms with Gasteiger partial charge in [-0.2, -0.15) is 0 Å². The highest BCUT2D eigenvalue weighted by Gasteiger charge is 2.53. The van der Waals surface area contributed by atoms with Crippen molar-refractivity contribution in [3.8, 4) is 11.5 Å². The van der Waals surface area contributed by atoms with Crippen LogP contribution in [0.1, 0.15) is 75.0 Å². The summed E-state index contributed by atoms with van der Waals surface area (Å²) in [4.78, 5) is 40.0. The van der Waals surface area contributed by atoms with Crippen molar-refractivity contribution in [2.75, 3.05) is 33.0 Å². The first-order valence-electron chi connectivity index (χ1n) is 14.2. The summed E-state index contributed by atoms with van der Waals surface area (Å²) in [7, 11) is 0. The molecule has 2 aromatic rings. The van der Waals surface area contributed by atoms with Crippen LogP contribution in [0, 0.1) is 0 Å². The molecule has 10 nitrogen and oxygen atoms in total. The molecule has 1 aliphatic rings. The molecule has 0 aromatic heterocycles. The molecule has 2 amide bonds. The van der Waals surface area contributed by atoms with Crippen molar-refractivity contribution in [1.29, 1.82) is 0 Å². The third-order valence-electron chi connectivity index (χ3n) is 7.15. The first kappa shape index (κ1) is 31.9. The largest absolute Gasteiger partial charge is 0.493 e. The van der Waals surface area contributed by atoms with Gasteiger partial charge in [-0.05, 0) is 57.9 Å². The minimum Gasteiger partial charge on any atom is -0.493 e. The third kappa shape index (κ3) is 7.98. The summed E-state index contributed by atoms with van der Waals surface area (Å²) in [6.07, 6.45) is 0.147. The molecule has 0 bridgehead atoms. The predicted molar refractivity (Wildman–Crippen MR) is 154 cm³/mol. The molecule has 0 spiro atoms. The number of hydrogen-bond donors (Lipinski definition) is 2. The van der Waals surface area contributed by atoms with Crippen molar-refractivity contribution >= 4 is 17.8 Å². The smallest absolute Gasteiger partial charge is 0.329 e. The zero-order valence-electron chi connectivity index (χ0n) is 24.6. The second-order valence-corrected chi connectivity index (χ2v) is 10.0. The number of nitrogens with one attached hydrogen (secondary N) is 1. The second kappa shape index (κ2) is 14.8. The molecule has 0 saturated heterocycles. The minimum absolute atomic E-state index is 0.185. The number of carboxylic acid groups (broad SMARTS) is 1. The lowest BCUT2D eigenvalue weighted by molar-refractivity contribution is -0.156. The summed E-state index contributed by atoms with van der Waals surface area (Å²) in [6.45, 7) is 10.7. The van der Waals surface area contributed by atoms with Crippen molar-refractivity contribution in [2.24, 2.45) is 0 Å². The van der Waals surface area contributed by atoms with Crippen molar-refractivity contribution in [2.45, 2.75) is 71.8 Å². The Bertz CT molecular complexity index is 1150.